The van der Waals surface area contributed by atoms with Gasteiger partial charge in [0, 0.05) is 16.6 Å². The molecule has 0 aromatic heterocycles. The number of anilines is 1. The average molecular weight is 256 g/mol. The summed E-state index contributed by atoms with van der Waals surface area (Å²) in [5.74, 6) is 0.852. The van der Waals surface area contributed by atoms with Crippen molar-refractivity contribution in [2.24, 2.45) is 0 Å². The zero-order valence-electron chi connectivity index (χ0n) is 8.16. The molecule has 0 unspecified atom stereocenters. The number of allylic oxidation sites excluding steroid dienone is 1. The smallest absolute Gasteiger partial charge is 0.126 e. The lowest BCUT2D eigenvalue weighted by Gasteiger charge is -2.05. The molecule has 2 N–H and O–H groups in total. The van der Waals surface area contributed by atoms with Crippen molar-refractivity contribution in [3.8, 4) is 5.75 Å². The van der Waals surface area contributed by atoms with Gasteiger partial charge in [-0.05, 0) is 24.6 Å². The molecule has 0 aliphatic carbocycles. The number of nitrogen functional groups attached to an aromatic ring is 1. The van der Waals surface area contributed by atoms with Crippen molar-refractivity contribution in [3.63, 3.8) is 0 Å². The Morgan fingerprint density at radius 2 is 2.29 bits per heavy atom. The van der Waals surface area contributed by atoms with Gasteiger partial charge in [-0.3, -0.25) is 0 Å². The Bertz CT molecular complexity index is 323. The summed E-state index contributed by atoms with van der Waals surface area (Å²) < 4.78 is 5.21. The standard InChI is InChI=1S/C11H14BrNO/c1-14-11-6-5-10(13)8-9(11)4-2-3-7-12/h2,4-6,8H,3,7,13H2,1H3. The SMILES string of the molecule is COc1ccc(N)cc1C=CCCBr. The maximum atomic E-state index is 5.69. The normalized spacial score (nSPS) is 10.7. The molecule has 1 aromatic carbocycles. The van der Waals surface area contributed by atoms with Crippen molar-refractivity contribution in [2.75, 3.05) is 18.2 Å². The zero-order valence-corrected chi connectivity index (χ0v) is 9.75. The Kier molecular flexibility index (Phi) is 4.53. The first-order valence-electron chi connectivity index (χ1n) is 4.44. The summed E-state index contributed by atoms with van der Waals surface area (Å²) in [6.45, 7) is 0. The summed E-state index contributed by atoms with van der Waals surface area (Å²) in [6.07, 6.45) is 5.11. The maximum Gasteiger partial charge on any atom is 0.126 e. The van der Waals surface area contributed by atoms with E-state index in [-0.39, 0.29) is 0 Å². The zero-order chi connectivity index (χ0) is 10.4. The monoisotopic (exact) mass is 255 g/mol. The molecule has 0 saturated heterocycles. The van der Waals surface area contributed by atoms with Crippen LogP contribution in [0, 0.1) is 0 Å². The van der Waals surface area contributed by atoms with Crippen LogP contribution in [-0.4, -0.2) is 12.4 Å². The highest BCUT2D eigenvalue weighted by molar-refractivity contribution is 9.09. The van der Waals surface area contributed by atoms with Gasteiger partial charge in [-0.25, -0.2) is 0 Å². The van der Waals surface area contributed by atoms with E-state index >= 15 is 0 Å². The van der Waals surface area contributed by atoms with Crippen LogP contribution in [0.1, 0.15) is 12.0 Å². The molecule has 0 aliphatic heterocycles. The van der Waals surface area contributed by atoms with Crippen LogP contribution in [-0.2, 0) is 0 Å². The molecule has 0 heterocycles. The Labute approximate surface area is 92.9 Å². The predicted octanol–water partition coefficient (Wildman–Crippen LogP) is 3.08. The molecule has 2 nitrogen and oxygen atoms in total. The number of methoxy groups -OCH3 is 1. The lowest BCUT2D eigenvalue weighted by Crippen LogP contribution is -1.90. The highest BCUT2D eigenvalue weighted by atomic mass is 79.9. The van der Waals surface area contributed by atoms with Crippen LogP contribution in [0.25, 0.3) is 6.08 Å². The Balaban J connectivity index is 2.87. The van der Waals surface area contributed by atoms with Gasteiger partial charge in [0.05, 0.1) is 7.11 Å². The highest BCUT2D eigenvalue weighted by Crippen LogP contribution is 2.22. The average Bonchev–Trinajstić information content (AvgIpc) is 2.19. The maximum absolute atomic E-state index is 5.69. The lowest BCUT2D eigenvalue weighted by atomic mass is 10.1. The molecule has 0 radical (unpaired) electrons. The number of halogens is 1. The molecule has 1 aromatic rings. The minimum atomic E-state index is 0.754. The van der Waals surface area contributed by atoms with Crippen LogP contribution < -0.4 is 10.5 Å². The van der Waals surface area contributed by atoms with Gasteiger partial charge >= 0.3 is 0 Å². The van der Waals surface area contributed by atoms with E-state index < -0.39 is 0 Å². The number of hydrogen-bond acceptors (Lipinski definition) is 2. The summed E-state index contributed by atoms with van der Waals surface area (Å²) in [5.41, 5.74) is 7.46. The summed E-state index contributed by atoms with van der Waals surface area (Å²) in [5, 5.41) is 0.966. The minimum Gasteiger partial charge on any atom is -0.496 e. The fourth-order valence-electron chi connectivity index (χ4n) is 1.16. The third-order valence-electron chi connectivity index (χ3n) is 1.83. The van der Waals surface area contributed by atoms with Crippen molar-refractivity contribution in [2.45, 2.75) is 6.42 Å². The van der Waals surface area contributed by atoms with E-state index in [4.69, 9.17) is 10.5 Å². The molecule has 3 heteroatoms. The first-order valence-corrected chi connectivity index (χ1v) is 5.56. The van der Waals surface area contributed by atoms with Crippen LogP contribution in [0.3, 0.4) is 0 Å². The summed E-state index contributed by atoms with van der Waals surface area (Å²) in [4.78, 5) is 0. The largest absolute Gasteiger partial charge is 0.496 e. The molecule has 76 valence electrons. The van der Waals surface area contributed by atoms with E-state index in [1.54, 1.807) is 7.11 Å². The van der Waals surface area contributed by atoms with Gasteiger partial charge in [-0.1, -0.05) is 28.1 Å². The van der Waals surface area contributed by atoms with Crippen molar-refractivity contribution < 1.29 is 4.74 Å². The number of hydrogen-bond donors (Lipinski definition) is 1. The van der Waals surface area contributed by atoms with Crippen molar-refractivity contribution in [1.29, 1.82) is 0 Å². The van der Waals surface area contributed by atoms with E-state index in [0.717, 1.165) is 28.8 Å². The Hall–Kier alpha value is -0.960. The van der Waals surface area contributed by atoms with E-state index in [0.29, 0.717) is 0 Å². The topological polar surface area (TPSA) is 35.2 Å². The van der Waals surface area contributed by atoms with Crippen LogP contribution in [0.15, 0.2) is 24.3 Å². The quantitative estimate of drug-likeness (QED) is 0.663. The number of alkyl halides is 1. The van der Waals surface area contributed by atoms with Crippen LogP contribution in [0.2, 0.25) is 0 Å². The van der Waals surface area contributed by atoms with E-state index in [2.05, 4.69) is 22.0 Å². The molecule has 0 atom stereocenters. The highest BCUT2D eigenvalue weighted by Gasteiger charge is 1.98. The molecule has 0 fully saturated rings. The Morgan fingerprint density at radius 1 is 1.50 bits per heavy atom. The van der Waals surface area contributed by atoms with Crippen LogP contribution in [0.4, 0.5) is 5.69 Å². The number of ether oxygens (including phenoxy) is 1. The lowest BCUT2D eigenvalue weighted by molar-refractivity contribution is 0.414. The summed E-state index contributed by atoms with van der Waals surface area (Å²) in [6, 6.07) is 5.62. The molecule has 0 spiro atoms. The second-order valence-corrected chi connectivity index (χ2v) is 3.67. The first kappa shape index (κ1) is 11.1. The van der Waals surface area contributed by atoms with E-state index in [1.165, 1.54) is 0 Å². The van der Waals surface area contributed by atoms with Crippen molar-refractivity contribution in [1.82, 2.24) is 0 Å². The summed E-state index contributed by atoms with van der Waals surface area (Å²) in [7, 11) is 1.66. The van der Waals surface area contributed by atoms with Crippen molar-refractivity contribution >= 4 is 27.7 Å². The third-order valence-corrected chi connectivity index (χ3v) is 2.28. The van der Waals surface area contributed by atoms with Gasteiger partial charge in [-0.2, -0.15) is 0 Å². The number of nitrogens with two attached hydrogens (primary N) is 1. The van der Waals surface area contributed by atoms with Gasteiger partial charge in [0.1, 0.15) is 5.75 Å². The van der Waals surface area contributed by atoms with E-state index in [1.807, 2.05) is 24.3 Å². The van der Waals surface area contributed by atoms with Crippen molar-refractivity contribution in [3.05, 3.63) is 29.8 Å². The van der Waals surface area contributed by atoms with Crippen LogP contribution >= 0.6 is 15.9 Å². The van der Waals surface area contributed by atoms with Gasteiger partial charge in [0.2, 0.25) is 0 Å². The van der Waals surface area contributed by atoms with Crippen LogP contribution in [0.5, 0.6) is 5.75 Å². The molecule has 0 aliphatic rings. The molecule has 0 bridgehead atoms. The molecular weight excluding hydrogens is 242 g/mol. The second kappa shape index (κ2) is 5.70. The first-order chi connectivity index (χ1) is 6.77. The Morgan fingerprint density at radius 3 is 2.93 bits per heavy atom. The molecule has 14 heavy (non-hydrogen) atoms. The molecular formula is C11H14BrNO. The second-order valence-electron chi connectivity index (χ2n) is 2.88. The van der Waals surface area contributed by atoms with Gasteiger partial charge in [0.25, 0.3) is 0 Å². The van der Waals surface area contributed by atoms with Gasteiger partial charge in [0.15, 0.2) is 0 Å². The van der Waals surface area contributed by atoms with Gasteiger partial charge in [-0.15, -0.1) is 0 Å². The fourth-order valence-corrected chi connectivity index (χ4v) is 1.42. The molecule has 1 rings (SSSR count). The molecule has 0 saturated carbocycles. The minimum absolute atomic E-state index is 0.754. The van der Waals surface area contributed by atoms with Gasteiger partial charge < -0.3 is 10.5 Å². The predicted molar refractivity (Wildman–Crippen MR) is 64.9 cm³/mol. The number of benzene rings is 1. The van der Waals surface area contributed by atoms with E-state index in [9.17, 15) is 0 Å². The third kappa shape index (κ3) is 3.07. The summed E-state index contributed by atoms with van der Waals surface area (Å²) >= 11 is 3.37. The fraction of sp³-hybridized carbons (Fsp3) is 0.273. The molecule has 0 amide bonds. The number of rotatable bonds is 4.